The van der Waals surface area contributed by atoms with E-state index in [0.717, 1.165) is 22.3 Å². The van der Waals surface area contributed by atoms with Gasteiger partial charge in [0.15, 0.2) is 0 Å². The number of amides is 1. The molecule has 1 amide bonds. The maximum absolute atomic E-state index is 12.9. The van der Waals surface area contributed by atoms with Crippen LogP contribution in [0, 0.1) is 0 Å². The van der Waals surface area contributed by atoms with Crippen LogP contribution >= 0.6 is 0 Å². The Labute approximate surface area is 148 Å². The predicted octanol–water partition coefficient (Wildman–Crippen LogP) is 5.12. The second-order valence-electron chi connectivity index (χ2n) is 7.17. The van der Waals surface area contributed by atoms with Crippen molar-refractivity contribution in [2.75, 3.05) is 4.90 Å². The van der Waals surface area contributed by atoms with E-state index in [-0.39, 0.29) is 6.09 Å². The SMILES string of the molecule is Cn1c(N(Cc2ccccc2)C(=O)OC(C)(C)C)cc2ccccc21. The van der Waals surface area contributed by atoms with Gasteiger partial charge >= 0.3 is 6.09 Å². The first kappa shape index (κ1) is 17.1. The first-order chi connectivity index (χ1) is 11.8. The molecule has 4 heteroatoms. The van der Waals surface area contributed by atoms with Crippen molar-refractivity contribution in [2.45, 2.75) is 32.9 Å². The van der Waals surface area contributed by atoms with E-state index in [2.05, 4.69) is 12.1 Å². The van der Waals surface area contributed by atoms with Crippen LogP contribution in [0.2, 0.25) is 0 Å². The van der Waals surface area contributed by atoms with Crippen molar-refractivity contribution in [1.29, 1.82) is 0 Å². The highest BCUT2D eigenvalue weighted by molar-refractivity contribution is 5.93. The normalized spacial score (nSPS) is 11.5. The van der Waals surface area contributed by atoms with Gasteiger partial charge in [0.1, 0.15) is 11.4 Å². The summed E-state index contributed by atoms with van der Waals surface area (Å²) in [5, 5.41) is 1.10. The lowest BCUT2D eigenvalue weighted by Gasteiger charge is -2.27. The van der Waals surface area contributed by atoms with Gasteiger partial charge in [0, 0.05) is 18.0 Å². The third-order valence-electron chi connectivity index (χ3n) is 4.00. The quantitative estimate of drug-likeness (QED) is 0.665. The second-order valence-corrected chi connectivity index (χ2v) is 7.17. The number of nitrogens with zero attached hydrogens (tertiary/aromatic N) is 2. The zero-order chi connectivity index (χ0) is 18.0. The van der Waals surface area contributed by atoms with Crippen molar-refractivity contribution in [2.24, 2.45) is 7.05 Å². The topological polar surface area (TPSA) is 34.5 Å². The zero-order valence-corrected chi connectivity index (χ0v) is 15.2. The van der Waals surface area contributed by atoms with Gasteiger partial charge in [-0.15, -0.1) is 0 Å². The number of rotatable bonds is 3. The predicted molar refractivity (Wildman–Crippen MR) is 102 cm³/mol. The van der Waals surface area contributed by atoms with Crippen molar-refractivity contribution in [3.8, 4) is 0 Å². The number of benzene rings is 2. The van der Waals surface area contributed by atoms with Crippen molar-refractivity contribution in [3.63, 3.8) is 0 Å². The highest BCUT2D eigenvalue weighted by Crippen LogP contribution is 2.28. The Morgan fingerprint density at radius 1 is 1.04 bits per heavy atom. The van der Waals surface area contributed by atoms with Gasteiger partial charge in [0.25, 0.3) is 0 Å². The molecule has 25 heavy (non-hydrogen) atoms. The number of anilines is 1. The van der Waals surface area contributed by atoms with E-state index >= 15 is 0 Å². The van der Waals surface area contributed by atoms with E-state index in [1.165, 1.54) is 0 Å². The summed E-state index contributed by atoms with van der Waals surface area (Å²) in [6.07, 6.45) is -0.345. The average Bonchev–Trinajstić information content (AvgIpc) is 2.89. The molecule has 3 rings (SSSR count). The molecule has 4 nitrogen and oxygen atoms in total. The number of hydrogen-bond donors (Lipinski definition) is 0. The highest BCUT2D eigenvalue weighted by Gasteiger charge is 2.26. The molecule has 0 fully saturated rings. The summed E-state index contributed by atoms with van der Waals surface area (Å²) in [6, 6.07) is 20.1. The number of aromatic nitrogens is 1. The monoisotopic (exact) mass is 336 g/mol. The number of hydrogen-bond acceptors (Lipinski definition) is 2. The third kappa shape index (κ3) is 3.85. The fraction of sp³-hybridized carbons (Fsp3) is 0.286. The highest BCUT2D eigenvalue weighted by atomic mass is 16.6. The van der Waals surface area contributed by atoms with Crippen LogP contribution in [0.15, 0.2) is 60.7 Å². The second kappa shape index (κ2) is 6.63. The summed E-state index contributed by atoms with van der Waals surface area (Å²) in [4.78, 5) is 14.6. The summed E-state index contributed by atoms with van der Waals surface area (Å²) in [7, 11) is 1.97. The molecule has 0 atom stereocenters. The van der Waals surface area contributed by atoms with E-state index in [1.54, 1.807) is 4.90 Å². The lowest BCUT2D eigenvalue weighted by atomic mass is 10.2. The summed E-state index contributed by atoms with van der Waals surface area (Å²) >= 11 is 0. The molecular formula is C21H24N2O2. The van der Waals surface area contributed by atoms with Gasteiger partial charge in [0.05, 0.1) is 6.54 Å². The first-order valence-corrected chi connectivity index (χ1v) is 8.44. The van der Waals surface area contributed by atoms with Gasteiger partial charge in [-0.05, 0) is 38.5 Å². The van der Waals surface area contributed by atoms with E-state index < -0.39 is 5.60 Å². The molecule has 1 heterocycles. The van der Waals surface area contributed by atoms with Crippen LogP contribution in [0.5, 0.6) is 0 Å². The van der Waals surface area contributed by atoms with Crippen LogP contribution in [0.4, 0.5) is 10.6 Å². The van der Waals surface area contributed by atoms with Crippen LogP contribution < -0.4 is 4.90 Å². The minimum atomic E-state index is -0.545. The van der Waals surface area contributed by atoms with Crippen LogP contribution in [0.1, 0.15) is 26.3 Å². The molecule has 1 aromatic heterocycles. The molecule has 0 bridgehead atoms. The third-order valence-corrected chi connectivity index (χ3v) is 4.00. The molecular weight excluding hydrogens is 312 g/mol. The van der Waals surface area contributed by atoms with Crippen LogP contribution in [0.3, 0.4) is 0 Å². The van der Waals surface area contributed by atoms with Gasteiger partial charge in [-0.2, -0.15) is 0 Å². The Morgan fingerprint density at radius 2 is 1.68 bits per heavy atom. The summed E-state index contributed by atoms with van der Waals surface area (Å²) < 4.78 is 7.68. The van der Waals surface area contributed by atoms with Gasteiger partial charge < -0.3 is 9.30 Å². The van der Waals surface area contributed by atoms with E-state index in [4.69, 9.17) is 4.74 Å². The maximum atomic E-state index is 12.9. The summed E-state index contributed by atoms with van der Waals surface area (Å²) in [5.74, 6) is 0.819. The van der Waals surface area contributed by atoms with Crippen molar-refractivity contribution < 1.29 is 9.53 Å². The van der Waals surface area contributed by atoms with Crippen molar-refractivity contribution in [3.05, 3.63) is 66.2 Å². The fourth-order valence-electron chi connectivity index (χ4n) is 2.86. The lowest BCUT2D eigenvalue weighted by molar-refractivity contribution is 0.0575. The van der Waals surface area contributed by atoms with Gasteiger partial charge in [-0.1, -0.05) is 48.5 Å². The molecule has 0 N–H and O–H groups in total. The molecule has 0 unspecified atom stereocenters. The molecule has 0 aliphatic carbocycles. The molecule has 0 radical (unpaired) electrons. The minimum absolute atomic E-state index is 0.345. The van der Waals surface area contributed by atoms with Gasteiger partial charge in [-0.3, -0.25) is 4.90 Å². The van der Waals surface area contributed by atoms with Crippen LogP contribution in [0.25, 0.3) is 10.9 Å². The molecule has 2 aromatic carbocycles. The standard InChI is InChI=1S/C21H24N2O2/c1-21(2,3)25-20(24)23(15-16-10-6-5-7-11-16)19-14-17-12-8-9-13-18(17)22(19)4/h5-14H,15H2,1-4H3. The number of carbonyl (C=O) groups excluding carboxylic acids is 1. The minimum Gasteiger partial charge on any atom is -0.443 e. The lowest BCUT2D eigenvalue weighted by Crippen LogP contribution is -2.37. The van der Waals surface area contributed by atoms with Crippen molar-refractivity contribution in [1.82, 2.24) is 4.57 Å². The van der Waals surface area contributed by atoms with E-state index in [0.29, 0.717) is 6.54 Å². The number of para-hydroxylation sites is 1. The number of fused-ring (bicyclic) bond motifs is 1. The van der Waals surface area contributed by atoms with Crippen LogP contribution in [-0.2, 0) is 18.3 Å². The number of carbonyl (C=O) groups is 1. The number of ether oxygens (including phenoxy) is 1. The van der Waals surface area contributed by atoms with Gasteiger partial charge in [0.2, 0.25) is 0 Å². The Balaban J connectivity index is 2.02. The van der Waals surface area contributed by atoms with Crippen LogP contribution in [-0.4, -0.2) is 16.3 Å². The molecule has 0 saturated heterocycles. The van der Waals surface area contributed by atoms with Gasteiger partial charge in [-0.25, -0.2) is 4.79 Å². The Morgan fingerprint density at radius 3 is 2.32 bits per heavy atom. The number of aryl methyl sites for hydroxylation is 1. The Hall–Kier alpha value is -2.75. The fourth-order valence-corrected chi connectivity index (χ4v) is 2.86. The molecule has 0 saturated carbocycles. The summed E-state index contributed by atoms with van der Waals surface area (Å²) in [5.41, 5.74) is 1.59. The largest absolute Gasteiger partial charge is 0.443 e. The average molecular weight is 336 g/mol. The zero-order valence-electron chi connectivity index (χ0n) is 15.2. The summed E-state index contributed by atoms with van der Waals surface area (Å²) in [6.45, 7) is 6.10. The Kier molecular flexibility index (Phi) is 4.53. The van der Waals surface area contributed by atoms with Crippen molar-refractivity contribution >= 4 is 22.8 Å². The first-order valence-electron chi connectivity index (χ1n) is 8.44. The van der Waals surface area contributed by atoms with E-state index in [1.807, 2.05) is 80.9 Å². The molecule has 0 aliphatic rings. The van der Waals surface area contributed by atoms with E-state index in [9.17, 15) is 4.79 Å². The molecule has 3 aromatic rings. The molecule has 130 valence electrons. The maximum Gasteiger partial charge on any atom is 0.416 e. The smallest absolute Gasteiger partial charge is 0.416 e. The molecule has 0 aliphatic heterocycles. The molecule has 0 spiro atoms. The Bertz CT molecular complexity index is 876.